The molecule has 4 heteroatoms. The summed E-state index contributed by atoms with van der Waals surface area (Å²) in [5.74, 6) is 0. The van der Waals surface area contributed by atoms with Gasteiger partial charge in [0.25, 0.3) is 0 Å². The first-order valence-electron chi connectivity index (χ1n) is 13.0. The van der Waals surface area contributed by atoms with Crippen LogP contribution in [-0.4, -0.2) is 0 Å². The van der Waals surface area contributed by atoms with Gasteiger partial charge < -0.3 is 7.43 Å². The average molecular weight is 760 g/mol. The Morgan fingerprint density at radius 2 is 0.405 bits per heavy atom. The fourth-order valence-electron chi connectivity index (χ4n) is 4.36. The minimum Gasteiger partial charge on any atom is -0.358 e. The van der Waals surface area contributed by atoms with Crippen LogP contribution in [0.15, 0.2) is 182 Å². The Hall–Kier alpha value is -3.43. The molecule has 0 unspecified atom stereocenters. The minimum atomic E-state index is -0.446. The summed E-state index contributed by atoms with van der Waals surface area (Å²) in [6.07, 6.45) is 0. The van der Waals surface area contributed by atoms with Crippen molar-refractivity contribution < 1.29 is 24.8 Å². The molecule has 211 valence electrons. The Labute approximate surface area is 267 Å². The van der Waals surface area contributed by atoms with E-state index < -0.39 is 15.8 Å². The molecule has 0 saturated carbocycles. The molecule has 0 heterocycles. The van der Waals surface area contributed by atoms with E-state index in [4.69, 9.17) is 4.65 Å². The second-order valence-electron chi connectivity index (χ2n) is 8.68. The van der Waals surface area contributed by atoms with E-state index in [2.05, 4.69) is 189 Å². The van der Waals surface area contributed by atoms with Crippen molar-refractivity contribution in [2.75, 3.05) is 0 Å². The summed E-state index contributed by atoms with van der Waals surface area (Å²) >= 11 is 0. The summed E-state index contributed by atoms with van der Waals surface area (Å²) in [5, 5.41) is 8.39. The number of benzene rings is 6. The molecule has 0 aromatic heterocycles. The van der Waals surface area contributed by atoms with Crippen LogP contribution in [0.2, 0.25) is 0 Å². The van der Waals surface area contributed by atoms with Crippen LogP contribution in [0.4, 0.5) is 0 Å². The third kappa shape index (κ3) is 9.84. The molecule has 0 saturated heterocycles. The molecule has 6 rings (SSSR count). The molecule has 0 fully saturated rings. The van der Waals surface area contributed by atoms with Crippen LogP contribution >= 0.6 is 15.8 Å². The van der Waals surface area contributed by atoms with Crippen LogP contribution in [-0.2, 0) is 24.8 Å². The van der Waals surface area contributed by atoms with E-state index in [1.165, 1.54) is 31.8 Å². The molecule has 0 aliphatic rings. The smallest absolute Gasteiger partial charge is 0 e. The van der Waals surface area contributed by atoms with Crippen LogP contribution in [0.5, 0.6) is 0 Å². The third-order valence-electron chi connectivity index (χ3n) is 6.09. The van der Waals surface area contributed by atoms with Crippen molar-refractivity contribution in [1.29, 1.82) is 0 Å². The maximum Gasteiger partial charge on any atom is 0 e. The summed E-state index contributed by atoms with van der Waals surface area (Å²) in [4.78, 5) is 0. The number of rotatable bonds is 6. The summed E-state index contributed by atoms with van der Waals surface area (Å²) < 4.78 is 7.50. The van der Waals surface area contributed by atoms with E-state index in [-0.39, 0.29) is 27.5 Å². The summed E-state index contributed by atoms with van der Waals surface area (Å²) in [7, 11) is -0.892. The van der Waals surface area contributed by atoms with Crippen molar-refractivity contribution in [3.63, 3.8) is 0 Å². The summed E-state index contributed by atoms with van der Waals surface area (Å²) in [6, 6.07) is 64.7. The molecule has 1 radical (unpaired) electrons. The minimum absolute atomic E-state index is 0. The molecule has 0 aliphatic heterocycles. The average Bonchev–Trinajstić information content (AvgIpc) is 3.06. The van der Waals surface area contributed by atoms with Gasteiger partial charge in [0, 0.05) is 20.1 Å². The van der Waals surface area contributed by atoms with Crippen LogP contribution in [0.25, 0.3) is 0 Å². The zero-order valence-electron chi connectivity index (χ0n) is 23.5. The second kappa shape index (κ2) is 19.6. The molecule has 0 N–H and O–H groups in total. The topological polar surface area (TPSA) is 19.9 Å². The molecule has 0 bridgehead atoms. The quantitative estimate of drug-likeness (QED) is 0.0966. The van der Waals surface area contributed by atoms with Gasteiger partial charge >= 0.3 is 11.3 Å². The first kappa shape index (κ1) is 34.8. The predicted octanol–water partition coefficient (Wildman–Crippen LogP) is 7.30. The fourth-order valence-corrected chi connectivity index (χ4v) is 8.97. The molecule has 1 nitrogen and oxygen atoms in total. The van der Waals surface area contributed by atoms with Crippen molar-refractivity contribution in [3.8, 4) is 0 Å². The largest absolute Gasteiger partial charge is 0.358 e. The Bertz CT molecular complexity index is 1230. The van der Waals surface area contributed by atoms with Crippen LogP contribution in [0, 0.1) is 14.1 Å². The van der Waals surface area contributed by atoms with Crippen molar-refractivity contribution >= 4 is 47.7 Å². The maximum absolute atomic E-state index is 7.50. The van der Waals surface area contributed by atoms with Gasteiger partial charge in [-0.15, -0.1) is 0 Å². The molecule has 0 aliphatic carbocycles. The van der Waals surface area contributed by atoms with E-state index in [1.54, 1.807) is 0 Å². The zero-order valence-corrected chi connectivity index (χ0v) is 27.6. The van der Waals surface area contributed by atoms with Crippen molar-refractivity contribution in [1.82, 2.24) is 0 Å². The van der Waals surface area contributed by atoms with Gasteiger partial charge in [0.2, 0.25) is 0 Å². The zero-order chi connectivity index (χ0) is 27.8. The summed E-state index contributed by atoms with van der Waals surface area (Å²) in [5.41, 5.74) is 0. The SMILES string of the molecule is [C-]#[O+].[CH3-].[Ir].c1ccc(P(c2ccccc2)c2ccccc2)cc1.c1ccc(P(c2ccccc2)c2ccccc2)cc1. The Kier molecular flexibility index (Phi) is 16.3. The van der Waals surface area contributed by atoms with E-state index in [0.29, 0.717) is 0 Å². The van der Waals surface area contributed by atoms with Crippen LogP contribution < -0.4 is 31.8 Å². The maximum atomic E-state index is 7.50. The Balaban J connectivity index is 0.000000265. The Morgan fingerprint density at radius 1 is 0.286 bits per heavy atom. The monoisotopic (exact) mass is 760 g/mol. The molecule has 42 heavy (non-hydrogen) atoms. The van der Waals surface area contributed by atoms with E-state index >= 15 is 0 Å². The third-order valence-corrected chi connectivity index (χ3v) is 11.0. The molecule has 0 amide bonds. The second-order valence-corrected chi connectivity index (χ2v) is 13.1. The molecular formula is C38H33IrOP2-. The van der Waals surface area contributed by atoms with Gasteiger partial charge in [0.1, 0.15) is 0 Å². The van der Waals surface area contributed by atoms with Crippen molar-refractivity contribution in [2.45, 2.75) is 0 Å². The Morgan fingerprint density at radius 3 is 0.524 bits per heavy atom. The van der Waals surface area contributed by atoms with Crippen molar-refractivity contribution in [3.05, 3.63) is 196 Å². The standard InChI is InChI=1S/2C18H15P.CO.CH3.Ir/c2*1-4-10-16(11-5-1)19(17-12-6-2-7-13-17)18-14-8-3-9-15-18;1-2;;/h2*1-15H;;1H3;/q;;;-1;. The summed E-state index contributed by atoms with van der Waals surface area (Å²) in [6.45, 7) is 4.50. The van der Waals surface area contributed by atoms with Gasteiger partial charge in [-0.25, -0.2) is 0 Å². The van der Waals surface area contributed by atoms with E-state index in [1.807, 2.05) is 0 Å². The molecule has 6 aromatic carbocycles. The van der Waals surface area contributed by atoms with Gasteiger partial charge in [-0.2, -0.15) is 0 Å². The predicted molar refractivity (Wildman–Crippen MR) is 181 cm³/mol. The van der Waals surface area contributed by atoms with Gasteiger partial charge in [-0.3, -0.25) is 0 Å². The van der Waals surface area contributed by atoms with Gasteiger partial charge in [-0.1, -0.05) is 182 Å². The van der Waals surface area contributed by atoms with Gasteiger partial charge in [0.15, 0.2) is 0 Å². The first-order valence-corrected chi connectivity index (χ1v) is 15.7. The molecule has 0 spiro atoms. The van der Waals surface area contributed by atoms with E-state index in [0.717, 1.165) is 0 Å². The van der Waals surface area contributed by atoms with Crippen LogP contribution in [0.3, 0.4) is 0 Å². The van der Waals surface area contributed by atoms with Gasteiger partial charge in [-0.05, 0) is 47.7 Å². The van der Waals surface area contributed by atoms with Crippen LogP contribution in [0.1, 0.15) is 0 Å². The first-order chi connectivity index (χ1) is 19.9. The van der Waals surface area contributed by atoms with Crippen molar-refractivity contribution in [2.24, 2.45) is 0 Å². The molecular weight excluding hydrogens is 727 g/mol. The number of hydrogen-bond donors (Lipinski definition) is 0. The number of hydrogen-bond acceptors (Lipinski definition) is 0. The molecule has 6 aromatic rings. The van der Waals surface area contributed by atoms with E-state index in [9.17, 15) is 0 Å². The van der Waals surface area contributed by atoms with Gasteiger partial charge in [0.05, 0.1) is 0 Å². The fraction of sp³-hybridized carbons (Fsp3) is 0. The normalized spacial score (nSPS) is 9.62. The molecule has 0 atom stereocenters.